The zero-order chi connectivity index (χ0) is 39.2. The highest BCUT2D eigenvalue weighted by atomic mass is 127. The number of ether oxygens (including phenoxy) is 6. The molecule has 7 rings (SSSR count). The van der Waals surface area contributed by atoms with Crippen LogP contribution in [-0.2, 0) is 30.2 Å². The fourth-order valence-electron chi connectivity index (χ4n) is 9.03. The van der Waals surface area contributed by atoms with Gasteiger partial charge in [0.1, 0.15) is 29.7 Å². The van der Waals surface area contributed by atoms with Gasteiger partial charge in [-0.05, 0) is 95.3 Å². The maximum atomic E-state index is 13.9. The number of hydrogen-bond donors (Lipinski definition) is 1. The Morgan fingerprint density at radius 3 is 2.48 bits per heavy atom. The number of fused-ring (bicyclic) bond motifs is 2. The molecule has 290 valence electrons. The number of carbonyl (C=O) groups excluding carboxylic acids is 2. The number of benzene rings is 2. The van der Waals surface area contributed by atoms with Gasteiger partial charge in [-0.15, -0.1) is 0 Å². The lowest BCUT2D eigenvalue weighted by Crippen LogP contribution is -2.70. The molecule has 0 amide bonds. The van der Waals surface area contributed by atoms with E-state index >= 15 is 0 Å². The number of hydrogen-bond acceptors (Lipinski definition) is 10. The van der Waals surface area contributed by atoms with E-state index in [1.54, 1.807) is 26.2 Å². The summed E-state index contributed by atoms with van der Waals surface area (Å²) in [7, 11) is -0.655. The molecule has 5 aliphatic rings. The Morgan fingerprint density at radius 2 is 1.83 bits per heavy atom. The van der Waals surface area contributed by atoms with Crippen LogP contribution in [0.4, 0.5) is 4.79 Å². The van der Waals surface area contributed by atoms with Crippen LogP contribution in [0.2, 0.25) is 18.1 Å². The van der Waals surface area contributed by atoms with E-state index in [0.717, 1.165) is 14.7 Å². The molecule has 12 heteroatoms. The number of halogens is 1. The van der Waals surface area contributed by atoms with Crippen LogP contribution in [0, 0.1) is 21.3 Å². The summed E-state index contributed by atoms with van der Waals surface area (Å²) in [5.41, 5.74) is -1.03. The Kier molecular flexibility index (Phi) is 9.66. The number of carbonyl (C=O) groups is 2. The van der Waals surface area contributed by atoms with E-state index in [4.69, 9.17) is 32.8 Å². The highest BCUT2D eigenvalue weighted by Crippen LogP contribution is 2.68. The van der Waals surface area contributed by atoms with Gasteiger partial charge < -0.3 is 38.0 Å². The fourth-order valence-corrected chi connectivity index (χ4v) is 10.9. The third kappa shape index (κ3) is 6.10. The molecule has 3 aliphatic carbocycles. The quantitative estimate of drug-likeness (QED) is 0.0865. The van der Waals surface area contributed by atoms with Crippen LogP contribution in [-0.4, -0.2) is 68.0 Å². The molecule has 0 aromatic heterocycles. The Balaban J connectivity index is 1.20. The minimum absolute atomic E-state index is 0.0356. The molecular formula is C42H51IO10Si. The van der Waals surface area contributed by atoms with Gasteiger partial charge in [0.25, 0.3) is 14.3 Å². The molecule has 3 bridgehead atoms. The van der Waals surface area contributed by atoms with Gasteiger partial charge in [0, 0.05) is 24.3 Å². The highest BCUT2D eigenvalue weighted by molar-refractivity contribution is 14.1. The van der Waals surface area contributed by atoms with Crippen LogP contribution in [0.5, 0.6) is 17.2 Å². The fraction of sp³-hybridized carbons (Fsp3) is 0.524. The van der Waals surface area contributed by atoms with Gasteiger partial charge in [-0.3, -0.25) is 4.79 Å². The molecule has 8 atom stereocenters. The van der Waals surface area contributed by atoms with Crippen LogP contribution >= 0.6 is 22.6 Å². The predicted octanol–water partition coefficient (Wildman–Crippen LogP) is 8.46. The molecule has 2 aromatic rings. The van der Waals surface area contributed by atoms with E-state index in [-0.39, 0.29) is 35.5 Å². The first kappa shape index (κ1) is 39.2. The van der Waals surface area contributed by atoms with Gasteiger partial charge in [0.05, 0.1) is 22.7 Å². The third-order valence-corrected chi connectivity index (χ3v) is 17.8. The van der Waals surface area contributed by atoms with E-state index in [2.05, 4.69) is 70.0 Å². The van der Waals surface area contributed by atoms with E-state index < -0.39 is 55.2 Å². The molecule has 3 unspecified atom stereocenters. The molecule has 10 nitrogen and oxygen atoms in total. The van der Waals surface area contributed by atoms with Crippen LogP contribution in [0.1, 0.15) is 59.9 Å². The summed E-state index contributed by atoms with van der Waals surface area (Å²) in [6.45, 7) is 20.7. The number of ketones is 1. The average Bonchev–Trinajstić information content (AvgIpc) is 3.39. The van der Waals surface area contributed by atoms with Gasteiger partial charge in [-0.25, -0.2) is 4.79 Å². The smallest absolute Gasteiger partial charge is 0.514 e. The third-order valence-electron chi connectivity index (χ3n) is 12.7. The molecule has 2 saturated heterocycles. The van der Waals surface area contributed by atoms with Crippen molar-refractivity contribution < 1.29 is 47.5 Å². The number of Topliss-reactive ketones (excluding diaryl/α,β-unsaturated/α-hetero) is 1. The molecule has 3 fully saturated rings. The lowest BCUT2D eigenvalue weighted by molar-refractivity contribution is -0.421. The minimum atomic E-state index is -2.20. The van der Waals surface area contributed by atoms with Crippen molar-refractivity contribution in [3.63, 3.8) is 0 Å². The second-order valence-electron chi connectivity index (χ2n) is 17.3. The summed E-state index contributed by atoms with van der Waals surface area (Å²) >= 11 is 2.15. The summed E-state index contributed by atoms with van der Waals surface area (Å²) in [5.74, 6) is -1.96. The monoisotopic (exact) mass is 870 g/mol. The van der Waals surface area contributed by atoms with Crippen molar-refractivity contribution in [2.45, 2.75) is 108 Å². The maximum absolute atomic E-state index is 13.9. The van der Waals surface area contributed by atoms with Crippen molar-refractivity contribution in [1.29, 1.82) is 0 Å². The van der Waals surface area contributed by atoms with Gasteiger partial charge in [0.2, 0.25) is 0 Å². The summed E-state index contributed by atoms with van der Waals surface area (Å²) in [6.07, 6.45) is 3.12. The van der Waals surface area contributed by atoms with E-state index in [1.807, 2.05) is 49.4 Å². The lowest BCUT2D eigenvalue weighted by atomic mass is 9.55. The Labute approximate surface area is 332 Å². The van der Waals surface area contributed by atoms with Crippen LogP contribution in [0.3, 0.4) is 0 Å². The molecular weight excluding hydrogens is 819 g/mol. The molecule has 2 aliphatic heterocycles. The Hall–Kier alpha value is -3.01. The van der Waals surface area contributed by atoms with Crippen molar-refractivity contribution in [2.75, 3.05) is 13.7 Å². The normalized spacial score (nSPS) is 33.9. The zero-order valence-corrected chi connectivity index (χ0v) is 35.7. The first-order valence-corrected chi connectivity index (χ1v) is 22.5. The maximum Gasteiger partial charge on any atom is 0.514 e. The highest BCUT2D eigenvalue weighted by Gasteiger charge is 2.79. The molecule has 0 spiro atoms. The number of aliphatic hydroxyl groups is 1. The van der Waals surface area contributed by atoms with Crippen LogP contribution in [0.15, 0.2) is 77.9 Å². The Bertz CT molecular complexity index is 1950. The number of methoxy groups -OCH3 is 1. The second-order valence-corrected chi connectivity index (χ2v) is 23.2. The van der Waals surface area contributed by atoms with Gasteiger partial charge in [-0.2, -0.15) is 0 Å². The van der Waals surface area contributed by atoms with Crippen molar-refractivity contribution in [2.24, 2.45) is 17.8 Å². The largest absolute Gasteiger partial charge is 0.540 e. The zero-order valence-electron chi connectivity index (χ0n) is 32.5. The summed E-state index contributed by atoms with van der Waals surface area (Å²) in [5, 5.41) is 12.5. The summed E-state index contributed by atoms with van der Waals surface area (Å²) in [4.78, 5) is 27.2. The molecule has 0 radical (unpaired) electrons. The predicted molar refractivity (Wildman–Crippen MR) is 213 cm³/mol. The Morgan fingerprint density at radius 1 is 1.13 bits per heavy atom. The second kappa shape index (κ2) is 13.3. The van der Waals surface area contributed by atoms with E-state index in [9.17, 15) is 14.7 Å². The average molecular weight is 871 g/mol. The van der Waals surface area contributed by atoms with E-state index in [0.29, 0.717) is 35.5 Å². The van der Waals surface area contributed by atoms with Crippen LogP contribution < -0.4 is 13.9 Å². The molecule has 1 N–H and O–H groups in total. The molecule has 54 heavy (non-hydrogen) atoms. The van der Waals surface area contributed by atoms with Crippen molar-refractivity contribution >= 4 is 42.8 Å². The van der Waals surface area contributed by atoms with Gasteiger partial charge in [0.15, 0.2) is 17.3 Å². The van der Waals surface area contributed by atoms with Crippen molar-refractivity contribution in [3.8, 4) is 17.2 Å². The van der Waals surface area contributed by atoms with Gasteiger partial charge in [-0.1, -0.05) is 76.8 Å². The molecule has 2 aromatic carbocycles. The van der Waals surface area contributed by atoms with Crippen molar-refractivity contribution in [3.05, 3.63) is 87.0 Å². The molecule has 1 saturated carbocycles. The standard InChI is InChI=1S/C42H51IO10Si/c1-24(2)40-20-26(4)42-30(36(40)50-41(52-40,53-42)22-27-14-12-11-13-15-27)17-28(21-39(46)33(42)16-25(3)35(39)44)23-48-37(45)49-29-18-31(43)34(32(19-29)47-8)51-54(9,10)38(5,6)7/h11-19,26,30,33,36,46H,1,20-23H2,2-10H3/t26-,30+,33-,36?,39-,40-,41?,42?/m1/s1. The molecule has 2 heterocycles. The van der Waals surface area contributed by atoms with Gasteiger partial charge >= 0.3 is 6.16 Å². The summed E-state index contributed by atoms with van der Waals surface area (Å²) in [6, 6.07) is 13.2. The SMILES string of the molecule is C=C(C)[C@]12C[C@@H](C)C34OC(Cc5ccccc5)(OC1[C@@H]3C=C(COC(=O)Oc1cc(I)c(O[Si](C)(C)C(C)(C)C)c(OC)c1)C[C@]1(O)C(=O)C(C)=C[C@@H]41)O2. The minimum Gasteiger partial charge on any atom is -0.540 e. The summed E-state index contributed by atoms with van der Waals surface area (Å²) < 4.78 is 45.3. The van der Waals surface area contributed by atoms with Crippen molar-refractivity contribution in [1.82, 2.24) is 0 Å². The number of rotatable bonds is 9. The van der Waals surface area contributed by atoms with E-state index in [1.165, 1.54) is 0 Å². The van der Waals surface area contributed by atoms with Crippen LogP contribution in [0.25, 0.3) is 0 Å². The topological polar surface area (TPSA) is 119 Å². The first-order chi connectivity index (χ1) is 25.2. The lowest BCUT2D eigenvalue weighted by Gasteiger charge is -2.59. The first-order valence-electron chi connectivity index (χ1n) is 18.5.